The molecule has 0 saturated heterocycles. The molecule has 0 aliphatic heterocycles. The van der Waals surface area contributed by atoms with Gasteiger partial charge in [-0.1, -0.05) is 32.6 Å². The van der Waals surface area contributed by atoms with Crippen molar-refractivity contribution in [3.63, 3.8) is 0 Å². The maximum Gasteiger partial charge on any atom is 0.433 e. The summed E-state index contributed by atoms with van der Waals surface area (Å²) in [7, 11) is 0. The zero-order valence-electron chi connectivity index (χ0n) is 23.9. The summed E-state index contributed by atoms with van der Waals surface area (Å²) in [5, 5.41) is 10.7. The van der Waals surface area contributed by atoms with Crippen LogP contribution in [0.4, 0.5) is 23.7 Å². The Bertz CT molecular complexity index is 1410. The molecule has 0 spiro atoms. The maximum atomic E-state index is 13.0. The quantitative estimate of drug-likeness (QED) is 0.173. The molecule has 5 N–H and O–H groups in total. The van der Waals surface area contributed by atoms with E-state index in [1.807, 2.05) is 24.5 Å². The van der Waals surface area contributed by atoms with Gasteiger partial charge in [-0.3, -0.25) is 9.99 Å². The maximum absolute atomic E-state index is 13.0. The molecule has 1 fully saturated rings. The fraction of sp³-hybridized carbons (Fsp3) is 0.433. The summed E-state index contributed by atoms with van der Waals surface area (Å²) in [6.45, 7) is 5.15. The van der Waals surface area contributed by atoms with Crippen molar-refractivity contribution in [2.45, 2.75) is 58.7 Å². The smallest absolute Gasteiger partial charge is 0.433 e. The molecular weight excluding hydrogens is 547 g/mol. The molecule has 4 rings (SSSR count). The van der Waals surface area contributed by atoms with Crippen molar-refractivity contribution in [2.24, 2.45) is 23.4 Å². The Kier molecular flexibility index (Phi) is 11.2. The third-order valence-electron chi connectivity index (χ3n) is 6.89. The number of terminal acetylenes is 1. The molecule has 2 unspecified atom stereocenters. The van der Waals surface area contributed by atoms with Crippen LogP contribution in [0.25, 0.3) is 11.0 Å². The number of rotatable bonds is 8. The third kappa shape index (κ3) is 8.88. The van der Waals surface area contributed by atoms with E-state index in [1.165, 1.54) is 23.6 Å². The highest BCUT2D eigenvalue weighted by molar-refractivity contribution is 5.77. The minimum absolute atomic E-state index is 0.0127. The number of carboxylic acid groups (broad SMARTS) is 1. The van der Waals surface area contributed by atoms with Crippen molar-refractivity contribution in [1.82, 2.24) is 19.4 Å². The lowest BCUT2D eigenvalue weighted by Gasteiger charge is -2.32. The van der Waals surface area contributed by atoms with Crippen LogP contribution in [0.5, 0.6) is 0 Å². The van der Waals surface area contributed by atoms with Crippen molar-refractivity contribution < 1.29 is 23.1 Å². The van der Waals surface area contributed by atoms with E-state index >= 15 is 0 Å². The molecule has 2 heterocycles. The van der Waals surface area contributed by atoms with E-state index < -0.39 is 18.0 Å². The molecule has 0 bridgehead atoms. The first-order valence-electron chi connectivity index (χ1n) is 13.9. The highest BCUT2D eigenvalue weighted by Crippen LogP contribution is 2.32. The van der Waals surface area contributed by atoms with E-state index in [0.29, 0.717) is 5.92 Å². The largest absolute Gasteiger partial charge is 0.465 e. The predicted molar refractivity (Wildman–Crippen MR) is 157 cm³/mol. The molecule has 2 aromatic heterocycles. The average Bonchev–Trinajstić information content (AvgIpc) is 3.34. The first kappa shape index (κ1) is 32.3. The number of pyridine rings is 1. The lowest BCUT2D eigenvalue weighted by Crippen LogP contribution is -2.39. The van der Waals surface area contributed by atoms with Gasteiger partial charge in [-0.15, -0.1) is 6.42 Å². The Labute approximate surface area is 244 Å². The molecule has 1 saturated carbocycles. The number of benzene rings is 1. The third-order valence-corrected chi connectivity index (χ3v) is 6.89. The number of hydrazine groups is 1. The Hall–Kier alpha value is -4.24. The molecule has 3 aromatic rings. The lowest BCUT2D eigenvalue weighted by molar-refractivity contribution is -0.141. The van der Waals surface area contributed by atoms with E-state index in [1.54, 1.807) is 0 Å². The number of carbonyl (C=O) groups is 1. The van der Waals surface area contributed by atoms with Crippen molar-refractivity contribution in [2.75, 3.05) is 18.1 Å². The van der Waals surface area contributed by atoms with Gasteiger partial charge in [0.15, 0.2) is 0 Å². The summed E-state index contributed by atoms with van der Waals surface area (Å²) in [6, 6.07) is 7.79. The number of hydrogen-bond acceptors (Lipinski definition) is 6. The van der Waals surface area contributed by atoms with Crippen molar-refractivity contribution in [1.29, 1.82) is 0 Å². The van der Waals surface area contributed by atoms with Gasteiger partial charge < -0.3 is 20.3 Å². The average molecular weight is 586 g/mol. The summed E-state index contributed by atoms with van der Waals surface area (Å²) in [4.78, 5) is 21.0. The summed E-state index contributed by atoms with van der Waals surface area (Å²) in [5.74, 6) is 9.00. The SMILES string of the molecule is C#Cc1ccc2ncn(CC3CCCC(CN(C/C(N)=C/N(N)c4ccnc(C(F)(F)F)c4)C(=O)O)C3)c2c1.CCC. The molecule has 0 radical (unpaired) electrons. The van der Waals surface area contributed by atoms with Crippen LogP contribution >= 0.6 is 0 Å². The van der Waals surface area contributed by atoms with Crippen LogP contribution in [0.3, 0.4) is 0 Å². The normalized spacial score (nSPS) is 17.2. The number of nitrogens with two attached hydrogens (primary N) is 2. The number of amides is 1. The van der Waals surface area contributed by atoms with Crippen molar-refractivity contribution in [3.8, 4) is 12.3 Å². The van der Waals surface area contributed by atoms with Gasteiger partial charge in [0.25, 0.3) is 0 Å². The molecule has 2 atom stereocenters. The Morgan fingerprint density at radius 1 is 1.21 bits per heavy atom. The van der Waals surface area contributed by atoms with Crippen LogP contribution in [-0.2, 0) is 12.7 Å². The molecule has 1 aliphatic rings. The second kappa shape index (κ2) is 14.6. The number of nitrogens with zero attached hydrogens (tertiary/aromatic N) is 5. The number of alkyl halides is 3. The number of imidazole rings is 1. The van der Waals surface area contributed by atoms with Gasteiger partial charge in [0.1, 0.15) is 5.69 Å². The van der Waals surface area contributed by atoms with E-state index in [2.05, 4.69) is 34.3 Å². The van der Waals surface area contributed by atoms with Crippen LogP contribution in [0.1, 0.15) is 57.2 Å². The highest BCUT2D eigenvalue weighted by Gasteiger charge is 2.33. The fourth-order valence-corrected chi connectivity index (χ4v) is 5.08. The zero-order chi connectivity index (χ0) is 30.9. The van der Waals surface area contributed by atoms with Gasteiger partial charge in [0, 0.05) is 36.7 Å². The Morgan fingerprint density at radius 2 is 1.93 bits per heavy atom. The molecule has 1 aliphatic carbocycles. The van der Waals surface area contributed by atoms with Crippen LogP contribution < -0.4 is 16.6 Å². The van der Waals surface area contributed by atoms with E-state index in [0.717, 1.165) is 66.1 Å². The van der Waals surface area contributed by atoms with Gasteiger partial charge >= 0.3 is 12.3 Å². The second-order valence-corrected chi connectivity index (χ2v) is 10.5. The second-order valence-electron chi connectivity index (χ2n) is 10.5. The lowest BCUT2D eigenvalue weighted by atomic mass is 9.81. The number of fused-ring (bicyclic) bond motifs is 1. The van der Waals surface area contributed by atoms with Crippen molar-refractivity contribution in [3.05, 3.63) is 66.0 Å². The minimum Gasteiger partial charge on any atom is -0.465 e. The number of anilines is 1. The molecule has 9 nitrogen and oxygen atoms in total. The summed E-state index contributed by atoms with van der Waals surface area (Å²) < 4.78 is 41.0. The first-order chi connectivity index (χ1) is 19.9. The van der Waals surface area contributed by atoms with Crippen LogP contribution in [-0.4, -0.2) is 43.7 Å². The molecule has 1 aromatic carbocycles. The first-order valence-corrected chi connectivity index (χ1v) is 13.9. The standard InChI is InChI=1S/C27H30F3N7O2.C3H8/c1-2-18-6-7-23-24(11-18)36(17-34-23)14-20-5-3-4-19(10-20)13-35(26(38)39)15-21(31)16-37(32)22-8-9-33-25(12-22)27(28,29)30;1-3-2/h1,6-9,11-12,16-17,19-20H,3-5,10,13-15,31-32H2,(H,38,39);3H2,1-2H3/b21-16-;. The predicted octanol–water partition coefficient (Wildman–Crippen LogP) is 5.81. The van der Waals surface area contributed by atoms with Crippen molar-refractivity contribution >= 4 is 22.8 Å². The van der Waals surface area contributed by atoms with Gasteiger partial charge in [0.05, 0.1) is 29.6 Å². The van der Waals surface area contributed by atoms with Crippen LogP contribution in [0, 0.1) is 24.2 Å². The molecule has 42 heavy (non-hydrogen) atoms. The molecule has 226 valence electrons. The number of hydrogen-bond donors (Lipinski definition) is 3. The molecule has 1 amide bonds. The van der Waals surface area contributed by atoms with E-state index in [-0.39, 0.29) is 30.4 Å². The van der Waals surface area contributed by atoms with Crippen LogP contribution in [0.15, 0.2) is 54.8 Å². The summed E-state index contributed by atoms with van der Waals surface area (Å²) in [5.41, 5.74) is 7.68. The number of aromatic nitrogens is 3. The monoisotopic (exact) mass is 585 g/mol. The zero-order valence-corrected chi connectivity index (χ0v) is 23.9. The Morgan fingerprint density at radius 3 is 2.60 bits per heavy atom. The van der Waals surface area contributed by atoms with Crippen LogP contribution in [0.2, 0.25) is 0 Å². The summed E-state index contributed by atoms with van der Waals surface area (Å²) in [6.07, 6.45) is 8.76. The molecule has 12 heteroatoms. The Balaban J connectivity index is 0.00000155. The molecular formula is C30H38F3N7O2. The fourth-order valence-electron chi connectivity index (χ4n) is 5.08. The highest BCUT2D eigenvalue weighted by atomic mass is 19.4. The van der Waals surface area contributed by atoms with Gasteiger partial charge in [-0.25, -0.2) is 15.6 Å². The van der Waals surface area contributed by atoms with E-state index in [4.69, 9.17) is 18.0 Å². The van der Waals surface area contributed by atoms with Gasteiger partial charge in [-0.05, 0) is 61.4 Å². The minimum atomic E-state index is -4.63. The topological polar surface area (TPSA) is 127 Å². The van der Waals surface area contributed by atoms with Gasteiger partial charge in [-0.2, -0.15) is 13.2 Å². The summed E-state index contributed by atoms with van der Waals surface area (Å²) >= 11 is 0. The van der Waals surface area contributed by atoms with E-state index in [9.17, 15) is 23.1 Å². The van der Waals surface area contributed by atoms with Gasteiger partial charge in [0.2, 0.25) is 0 Å². The number of halogens is 3.